The van der Waals surface area contributed by atoms with Crippen molar-refractivity contribution in [1.29, 1.82) is 0 Å². The van der Waals surface area contributed by atoms with Gasteiger partial charge in [-0.3, -0.25) is 4.79 Å². The smallest absolute Gasteiger partial charge is 0.254 e. The number of anilines is 1. The van der Waals surface area contributed by atoms with E-state index in [1.165, 1.54) is 12.3 Å². The summed E-state index contributed by atoms with van der Waals surface area (Å²) in [5.41, 5.74) is 5.21. The lowest BCUT2D eigenvalue weighted by Gasteiger charge is -2.17. The van der Waals surface area contributed by atoms with E-state index in [-0.39, 0.29) is 23.3 Å². The fourth-order valence-corrected chi connectivity index (χ4v) is 1.09. The molecular weight excluding hydrogens is 209 g/mol. The molecule has 1 amide bonds. The van der Waals surface area contributed by atoms with Crippen molar-refractivity contribution in [3.05, 3.63) is 23.6 Å². The molecule has 0 saturated heterocycles. The summed E-state index contributed by atoms with van der Waals surface area (Å²) in [6, 6.07) is 1.29. The van der Waals surface area contributed by atoms with Gasteiger partial charge in [-0.1, -0.05) is 13.8 Å². The second-order valence-electron chi connectivity index (χ2n) is 4.06. The van der Waals surface area contributed by atoms with Crippen molar-refractivity contribution in [3.63, 3.8) is 0 Å². The SMILES string of the molecule is CC(C)C(C)NC(=O)c1ccnc(N)c1F. The molecule has 1 aromatic rings. The normalized spacial score (nSPS) is 12.6. The Balaban J connectivity index is 2.85. The number of nitrogens with one attached hydrogen (secondary N) is 1. The fourth-order valence-electron chi connectivity index (χ4n) is 1.09. The van der Waals surface area contributed by atoms with Gasteiger partial charge in [-0.25, -0.2) is 9.37 Å². The van der Waals surface area contributed by atoms with Crippen molar-refractivity contribution < 1.29 is 9.18 Å². The van der Waals surface area contributed by atoms with E-state index >= 15 is 0 Å². The van der Waals surface area contributed by atoms with Crippen LogP contribution in [-0.4, -0.2) is 16.9 Å². The molecule has 1 heterocycles. The van der Waals surface area contributed by atoms with Crippen LogP contribution in [0.15, 0.2) is 12.3 Å². The molecule has 0 bridgehead atoms. The highest BCUT2D eigenvalue weighted by atomic mass is 19.1. The van der Waals surface area contributed by atoms with E-state index in [1.807, 2.05) is 20.8 Å². The standard InChI is InChI=1S/C11H16FN3O/c1-6(2)7(3)15-11(16)8-4-5-14-10(13)9(8)12/h4-7H,1-3H3,(H2,13,14)(H,15,16). The Labute approximate surface area is 94.1 Å². The molecule has 0 spiro atoms. The fraction of sp³-hybridized carbons (Fsp3) is 0.455. The monoisotopic (exact) mass is 225 g/mol. The number of hydrogen-bond donors (Lipinski definition) is 2. The van der Waals surface area contributed by atoms with Gasteiger partial charge in [-0.05, 0) is 18.9 Å². The van der Waals surface area contributed by atoms with Crippen molar-refractivity contribution in [2.75, 3.05) is 5.73 Å². The Hall–Kier alpha value is -1.65. The molecule has 4 nitrogen and oxygen atoms in total. The van der Waals surface area contributed by atoms with E-state index in [0.29, 0.717) is 0 Å². The first kappa shape index (κ1) is 12.4. The molecule has 0 aromatic carbocycles. The molecule has 0 aliphatic carbocycles. The third-order valence-corrected chi connectivity index (χ3v) is 2.52. The van der Waals surface area contributed by atoms with Crippen LogP contribution in [0.1, 0.15) is 31.1 Å². The number of nitrogens with zero attached hydrogens (tertiary/aromatic N) is 1. The van der Waals surface area contributed by atoms with E-state index in [4.69, 9.17) is 5.73 Å². The van der Waals surface area contributed by atoms with Crippen LogP contribution in [0.2, 0.25) is 0 Å². The molecule has 1 rings (SSSR count). The van der Waals surface area contributed by atoms with Crippen molar-refractivity contribution in [1.82, 2.24) is 10.3 Å². The van der Waals surface area contributed by atoms with Crippen LogP contribution in [-0.2, 0) is 0 Å². The summed E-state index contributed by atoms with van der Waals surface area (Å²) in [5.74, 6) is -1.21. The largest absolute Gasteiger partial charge is 0.381 e. The summed E-state index contributed by atoms with van der Waals surface area (Å²) in [5, 5.41) is 2.70. The van der Waals surface area contributed by atoms with E-state index in [9.17, 15) is 9.18 Å². The summed E-state index contributed by atoms with van der Waals surface area (Å²) in [4.78, 5) is 15.3. The topological polar surface area (TPSA) is 68.0 Å². The maximum Gasteiger partial charge on any atom is 0.254 e. The van der Waals surface area contributed by atoms with Crippen molar-refractivity contribution in [2.45, 2.75) is 26.8 Å². The van der Waals surface area contributed by atoms with Gasteiger partial charge in [0.1, 0.15) is 0 Å². The summed E-state index contributed by atoms with van der Waals surface area (Å²) in [7, 11) is 0. The average molecular weight is 225 g/mol. The Morgan fingerprint density at radius 2 is 2.12 bits per heavy atom. The highest BCUT2D eigenvalue weighted by Gasteiger charge is 2.17. The molecule has 0 aliphatic rings. The predicted octanol–water partition coefficient (Wildman–Crippen LogP) is 1.58. The molecule has 0 radical (unpaired) electrons. The van der Waals surface area contributed by atoms with Crippen LogP contribution in [0.5, 0.6) is 0 Å². The highest BCUT2D eigenvalue weighted by Crippen LogP contribution is 2.12. The average Bonchev–Trinajstić information content (AvgIpc) is 2.21. The molecule has 1 atom stereocenters. The van der Waals surface area contributed by atoms with Gasteiger partial charge < -0.3 is 11.1 Å². The van der Waals surface area contributed by atoms with Crippen molar-refractivity contribution >= 4 is 11.7 Å². The number of halogens is 1. The van der Waals surface area contributed by atoms with Crippen LogP contribution in [0.4, 0.5) is 10.2 Å². The first-order valence-corrected chi connectivity index (χ1v) is 5.14. The van der Waals surface area contributed by atoms with Gasteiger partial charge in [0, 0.05) is 12.2 Å². The summed E-state index contributed by atoms with van der Waals surface area (Å²) < 4.78 is 13.5. The number of nitrogen functional groups attached to an aromatic ring is 1. The second kappa shape index (κ2) is 4.92. The second-order valence-corrected chi connectivity index (χ2v) is 4.06. The number of rotatable bonds is 3. The van der Waals surface area contributed by atoms with Crippen molar-refractivity contribution in [2.24, 2.45) is 5.92 Å². The molecule has 16 heavy (non-hydrogen) atoms. The minimum atomic E-state index is -0.768. The summed E-state index contributed by atoms with van der Waals surface area (Å²) >= 11 is 0. The third-order valence-electron chi connectivity index (χ3n) is 2.52. The van der Waals surface area contributed by atoms with Gasteiger partial charge in [0.2, 0.25) is 0 Å². The third kappa shape index (κ3) is 2.68. The quantitative estimate of drug-likeness (QED) is 0.820. The van der Waals surface area contributed by atoms with Gasteiger partial charge in [0.15, 0.2) is 11.6 Å². The lowest BCUT2D eigenvalue weighted by Crippen LogP contribution is -2.36. The maximum absolute atomic E-state index is 13.5. The highest BCUT2D eigenvalue weighted by molar-refractivity contribution is 5.95. The van der Waals surface area contributed by atoms with Gasteiger partial charge >= 0.3 is 0 Å². The van der Waals surface area contributed by atoms with Crippen LogP contribution in [0.25, 0.3) is 0 Å². The van der Waals surface area contributed by atoms with Gasteiger partial charge in [0.05, 0.1) is 5.56 Å². The number of aromatic nitrogens is 1. The predicted molar refractivity (Wildman–Crippen MR) is 60.4 cm³/mol. The maximum atomic E-state index is 13.5. The minimum Gasteiger partial charge on any atom is -0.381 e. The Kier molecular flexibility index (Phi) is 3.82. The van der Waals surface area contributed by atoms with E-state index in [2.05, 4.69) is 10.3 Å². The Morgan fingerprint density at radius 1 is 1.50 bits per heavy atom. The van der Waals surface area contributed by atoms with Crippen LogP contribution < -0.4 is 11.1 Å². The number of nitrogens with two attached hydrogens (primary N) is 1. The lowest BCUT2D eigenvalue weighted by atomic mass is 10.1. The molecule has 5 heteroatoms. The van der Waals surface area contributed by atoms with Gasteiger partial charge in [-0.2, -0.15) is 0 Å². The summed E-state index contributed by atoms with van der Waals surface area (Å²) in [6.45, 7) is 5.81. The van der Waals surface area contributed by atoms with Crippen LogP contribution >= 0.6 is 0 Å². The number of amides is 1. The van der Waals surface area contributed by atoms with Gasteiger partial charge in [-0.15, -0.1) is 0 Å². The molecular formula is C11H16FN3O. The first-order chi connectivity index (χ1) is 7.43. The molecule has 0 aliphatic heterocycles. The zero-order valence-corrected chi connectivity index (χ0v) is 9.62. The van der Waals surface area contributed by atoms with E-state index < -0.39 is 11.7 Å². The number of hydrogen-bond acceptors (Lipinski definition) is 3. The van der Waals surface area contributed by atoms with Crippen LogP contribution in [0.3, 0.4) is 0 Å². The molecule has 88 valence electrons. The van der Waals surface area contributed by atoms with Crippen molar-refractivity contribution in [3.8, 4) is 0 Å². The van der Waals surface area contributed by atoms with E-state index in [1.54, 1.807) is 0 Å². The molecule has 0 saturated carbocycles. The Bertz CT molecular complexity index is 393. The first-order valence-electron chi connectivity index (χ1n) is 5.14. The molecule has 1 unspecified atom stereocenters. The molecule has 3 N–H and O–H groups in total. The Morgan fingerprint density at radius 3 is 2.69 bits per heavy atom. The minimum absolute atomic E-state index is 0.0266. The lowest BCUT2D eigenvalue weighted by molar-refractivity contribution is 0.0926. The number of carbonyl (C=O) groups excluding carboxylic acids is 1. The van der Waals surface area contributed by atoms with E-state index in [0.717, 1.165) is 0 Å². The number of pyridine rings is 1. The summed E-state index contributed by atoms with van der Waals surface area (Å²) in [6.07, 6.45) is 1.31. The number of carbonyl (C=O) groups is 1. The zero-order chi connectivity index (χ0) is 12.3. The van der Waals surface area contributed by atoms with Gasteiger partial charge in [0.25, 0.3) is 5.91 Å². The van der Waals surface area contributed by atoms with Crippen LogP contribution in [0, 0.1) is 11.7 Å². The zero-order valence-electron chi connectivity index (χ0n) is 9.62. The molecule has 0 fully saturated rings. The molecule has 1 aromatic heterocycles.